The van der Waals surface area contributed by atoms with Crippen molar-refractivity contribution in [1.82, 2.24) is 20.2 Å². The smallest absolute Gasteiger partial charge is 0.317 e. The number of anilines is 1. The van der Waals surface area contributed by atoms with Gasteiger partial charge in [-0.2, -0.15) is 4.98 Å². The molecule has 154 valence electrons. The number of hydrogen-bond donors (Lipinski definition) is 2. The number of hydrogen-bond acceptors (Lipinski definition) is 5. The highest BCUT2D eigenvalue weighted by molar-refractivity contribution is 5.75. The zero-order valence-electron chi connectivity index (χ0n) is 16.9. The maximum absolute atomic E-state index is 12.9. The summed E-state index contributed by atoms with van der Waals surface area (Å²) in [6.45, 7) is 1.44. The Balaban J connectivity index is 1.31. The molecule has 2 aliphatic rings. The number of nitrogens with one attached hydrogen (secondary N) is 2. The Hall–Kier alpha value is -2.83. The zero-order chi connectivity index (χ0) is 20.1. The molecule has 1 unspecified atom stereocenters. The highest BCUT2D eigenvalue weighted by Crippen LogP contribution is 2.37. The van der Waals surface area contributed by atoms with E-state index in [1.165, 1.54) is 24.8 Å². The highest BCUT2D eigenvalue weighted by atomic mass is 16.5. The van der Waals surface area contributed by atoms with Gasteiger partial charge in [-0.3, -0.25) is 0 Å². The average Bonchev–Trinajstić information content (AvgIpc) is 2.73. The summed E-state index contributed by atoms with van der Waals surface area (Å²) in [4.78, 5) is 23.4. The lowest BCUT2D eigenvalue weighted by Crippen LogP contribution is -2.49. The molecule has 4 rings (SSSR count). The average molecular weight is 396 g/mol. The van der Waals surface area contributed by atoms with Crippen molar-refractivity contribution in [2.24, 2.45) is 5.92 Å². The number of carbonyl (C=O) groups excluding carboxylic acids is 1. The highest BCUT2D eigenvalue weighted by Gasteiger charge is 2.32. The summed E-state index contributed by atoms with van der Waals surface area (Å²) in [6, 6.07) is 12.5. The van der Waals surface area contributed by atoms with E-state index >= 15 is 0 Å². The molecule has 0 radical (unpaired) electrons. The number of ether oxygens (including phenoxy) is 1. The van der Waals surface area contributed by atoms with Gasteiger partial charge in [-0.1, -0.05) is 36.8 Å². The van der Waals surface area contributed by atoms with Crippen LogP contribution in [0.4, 0.5) is 10.7 Å². The van der Waals surface area contributed by atoms with Crippen molar-refractivity contribution in [3.8, 4) is 5.88 Å². The van der Waals surface area contributed by atoms with E-state index in [-0.39, 0.29) is 18.1 Å². The molecular formula is C22H29N5O2. The van der Waals surface area contributed by atoms with Crippen molar-refractivity contribution in [1.29, 1.82) is 0 Å². The first kappa shape index (κ1) is 19.5. The van der Waals surface area contributed by atoms with E-state index in [1.807, 2.05) is 23.1 Å². The second-order valence-electron chi connectivity index (χ2n) is 7.86. The van der Waals surface area contributed by atoms with Gasteiger partial charge in [0.25, 0.3) is 0 Å². The van der Waals surface area contributed by atoms with Gasteiger partial charge in [0.15, 0.2) is 0 Å². The molecule has 1 saturated carbocycles. The van der Waals surface area contributed by atoms with Crippen molar-refractivity contribution in [2.45, 2.75) is 44.2 Å². The van der Waals surface area contributed by atoms with Gasteiger partial charge >= 0.3 is 6.03 Å². The molecule has 1 saturated heterocycles. The maximum atomic E-state index is 12.9. The molecule has 1 aliphatic carbocycles. The summed E-state index contributed by atoms with van der Waals surface area (Å²) in [5.41, 5.74) is 1.21. The number of aromatic nitrogens is 2. The lowest BCUT2D eigenvalue weighted by atomic mass is 9.77. The molecule has 1 atom stereocenters. The summed E-state index contributed by atoms with van der Waals surface area (Å²) in [6.07, 6.45) is 7.05. The molecule has 0 bridgehead atoms. The van der Waals surface area contributed by atoms with Gasteiger partial charge in [0.05, 0.1) is 13.2 Å². The minimum atomic E-state index is 0.0434. The Kier molecular flexibility index (Phi) is 6.12. The lowest BCUT2D eigenvalue weighted by molar-refractivity contribution is 0.164. The van der Waals surface area contributed by atoms with Crippen LogP contribution in [0.15, 0.2) is 42.6 Å². The van der Waals surface area contributed by atoms with E-state index in [9.17, 15) is 4.79 Å². The molecule has 1 aromatic carbocycles. The van der Waals surface area contributed by atoms with Crippen LogP contribution in [0.5, 0.6) is 5.88 Å². The van der Waals surface area contributed by atoms with Crippen LogP contribution in [0, 0.1) is 5.92 Å². The first-order chi connectivity index (χ1) is 14.2. The Morgan fingerprint density at radius 2 is 1.90 bits per heavy atom. The van der Waals surface area contributed by atoms with Crippen molar-refractivity contribution >= 4 is 12.0 Å². The molecule has 29 heavy (non-hydrogen) atoms. The molecule has 2 amide bonds. The van der Waals surface area contributed by atoms with E-state index in [1.54, 1.807) is 19.4 Å². The normalized spacial score (nSPS) is 18.6. The van der Waals surface area contributed by atoms with Crippen LogP contribution < -0.4 is 15.4 Å². The fourth-order valence-electron chi connectivity index (χ4n) is 4.07. The number of amides is 2. The lowest BCUT2D eigenvalue weighted by Gasteiger charge is -2.38. The Labute approximate surface area is 171 Å². The molecule has 1 aromatic heterocycles. The minimum Gasteiger partial charge on any atom is -0.481 e. The monoisotopic (exact) mass is 395 g/mol. The van der Waals surface area contributed by atoms with Crippen LogP contribution in [-0.2, 0) is 0 Å². The first-order valence-electron chi connectivity index (χ1n) is 10.5. The predicted octanol–water partition coefficient (Wildman–Crippen LogP) is 3.61. The van der Waals surface area contributed by atoms with E-state index in [0.29, 0.717) is 17.7 Å². The van der Waals surface area contributed by atoms with Gasteiger partial charge in [-0.15, -0.1) is 0 Å². The molecule has 2 fully saturated rings. The second-order valence-corrected chi connectivity index (χ2v) is 7.86. The van der Waals surface area contributed by atoms with Crippen molar-refractivity contribution < 1.29 is 9.53 Å². The molecule has 7 nitrogen and oxygen atoms in total. The van der Waals surface area contributed by atoms with Crippen LogP contribution >= 0.6 is 0 Å². The third-order valence-corrected chi connectivity index (χ3v) is 6.01. The Morgan fingerprint density at radius 3 is 2.55 bits per heavy atom. The third kappa shape index (κ3) is 4.78. The first-order valence-corrected chi connectivity index (χ1v) is 10.5. The van der Waals surface area contributed by atoms with Crippen molar-refractivity contribution in [3.05, 3.63) is 48.2 Å². The van der Waals surface area contributed by atoms with E-state index in [2.05, 4.69) is 32.7 Å². The van der Waals surface area contributed by atoms with Crippen LogP contribution in [-0.4, -0.2) is 47.1 Å². The van der Waals surface area contributed by atoms with Crippen molar-refractivity contribution in [2.75, 3.05) is 25.5 Å². The summed E-state index contributed by atoms with van der Waals surface area (Å²) in [5, 5.41) is 6.67. The van der Waals surface area contributed by atoms with Crippen LogP contribution in [0.25, 0.3) is 0 Å². The van der Waals surface area contributed by atoms with E-state index in [0.717, 1.165) is 25.9 Å². The van der Waals surface area contributed by atoms with Crippen LogP contribution in [0.2, 0.25) is 0 Å². The molecule has 7 heteroatoms. The molecule has 1 aliphatic heterocycles. The summed E-state index contributed by atoms with van der Waals surface area (Å²) < 4.78 is 5.15. The minimum absolute atomic E-state index is 0.0434. The summed E-state index contributed by atoms with van der Waals surface area (Å²) in [5.74, 6) is 1.66. The third-order valence-electron chi connectivity index (χ3n) is 6.01. The van der Waals surface area contributed by atoms with Gasteiger partial charge in [0, 0.05) is 31.4 Å². The molecule has 2 N–H and O–H groups in total. The summed E-state index contributed by atoms with van der Waals surface area (Å²) in [7, 11) is 1.59. The largest absolute Gasteiger partial charge is 0.481 e. The summed E-state index contributed by atoms with van der Waals surface area (Å²) >= 11 is 0. The quantitative estimate of drug-likeness (QED) is 0.781. The fourth-order valence-corrected chi connectivity index (χ4v) is 4.07. The number of benzene rings is 1. The molecule has 2 aromatic rings. The number of rotatable bonds is 6. The number of urea groups is 1. The Bertz CT molecular complexity index is 804. The second kappa shape index (κ2) is 9.11. The number of nitrogens with zero attached hydrogens (tertiary/aromatic N) is 3. The standard InChI is InChI=1S/C22H29N5O2/c1-29-19-10-13-23-21(25-19)24-18-11-14-27(15-12-18)22(28)26-20(17-8-5-9-17)16-6-3-2-4-7-16/h2-4,6-7,10,13,17-18,20H,5,8-9,11-12,14-15H2,1H3,(H,26,28)(H,23,24,25). The van der Waals surface area contributed by atoms with E-state index in [4.69, 9.17) is 4.74 Å². The van der Waals surface area contributed by atoms with Gasteiger partial charge in [0.1, 0.15) is 0 Å². The number of carbonyl (C=O) groups is 1. The van der Waals surface area contributed by atoms with Crippen LogP contribution in [0.3, 0.4) is 0 Å². The number of methoxy groups -OCH3 is 1. The molecular weight excluding hydrogens is 366 g/mol. The van der Waals surface area contributed by atoms with Gasteiger partial charge in [-0.25, -0.2) is 9.78 Å². The number of likely N-dealkylation sites (tertiary alicyclic amines) is 1. The van der Waals surface area contributed by atoms with Crippen molar-refractivity contribution in [3.63, 3.8) is 0 Å². The zero-order valence-corrected chi connectivity index (χ0v) is 16.9. The van der Waals surface area contributed by atoms with Crippen LogP contribution in [0.1, 0.15) is 43.7 Å². The van der Waals surface area contributed by atoms with Gasteiger partial charge in [-0.05, 0) is 37.2 Å². The number of piperidine rings is 1. The molecule has 2 heterocycles. The maximum Gasteiger partial charge on any atom is 0.317 e. The Morgan fingerprint density at radius 1 is 1.14 bits per heavy atom. The van der Waals surface area contributed by atoms with E-state index < -0.39 is 0 Å². The van der Waals surface area contributed by atoms with Gasteiger partial charge < -0.3 is 20.3 Å². The SMILES string of the molecule is COc1ccnc(NC2CCN(C(=O)NC(c3ccccc3)C3CCC3)CC2)n1. The topological polar surface area (TPSA) is 79.4 Å². The predicted molar refractivity (Wildman–Crippen MR) is 112 cm³/mol. The fraction of sp³-hybridized carbons (Fsp3) is 0.500. The molecule has 0 spiro atoms. The van der Waals surface area contributed by atoms with Gasteiger partial charge in [0.2, 0.25) is 11.8 Å².